The van der Waals surface area contributed by atoms with E-state index in [1.165, 1.54) is 28.5 Å². The van der Waals surface area contributed by atoms with Crippen LogP contribution in [-0.4, -0.2) is 61.9 Å². The van der Waals surface area contributed by atoms with Crippen molar-refractivity contribution in [1.82, 2.24) is 14.8 Å². The number of ether oxygens (including phenoxy) is 2. The molecule has 2 heterocycles. The molecule has 0 atom stereocenters. The zero-order valence-corrected chi connectivity index (χ0v) is 21.6. The topological polar surface area (TPSA) is 55.7 Å². The minimum Gasteiger partial charge on any atom is -0.497 e. The fourth-order valence-corrected chi connectivity index (χ4v) is 5.48. The van der Waals surface area contributed by atoms with Crippen molar-refractivity contribution in [2.24, 2.45) is 0 Å². The third-order valence-corrected chi connectivity index (χ3v) is 7.47. The van der Waals surface area contributed by atoms with Crippen molar-refractivity contribution in [1.29, 1.82) is 0 Å². The number of rotatable bonds is 10. The summed E-state index contributed by atoms with van der Waals surface area (Å²) in [5.74, 6) is 0.738. The fraction of sp³-hybridized carbons (Fsp3) is 0.433. The molecule has 1 aliphatic carbocycles. The van der Waals surface area contributed by atoms with Gasteiger partial charge in [-0.15, -0.1) is 0 Å². The lowest BCUT2D eigenvalue weighted by Crippen LogP contribution is -2.41. The Morgan fingerprint density at radius 1 is 1.03 bits per heavy atom. The highest BCUT2D eigenvalue weighted by Crippen LogP contribution is 2.38. The summed E-state index contributed by atoms with van der Waals surface area (Å²) in [6.07, 6.45) is 3.77. The van der Waals surface area contributed by atoms with E-state index in [1.807, 2.05) is 12.1 Å². The molecule has 0 saturated carbocycles. The van der Waals surface area contributed by atoms with E-state index in [-0.39, 0.29) is 11.7 Å². The standard InChI is InChI=1S/C30H36FN3O3/c1-36-27-8-9-28-23(21-27)5-6-24-20-26(7-10-29(35)32-12-14-33-15-17-37-18-16-33)34(30(24)28)13-11-22-3-2-4-25(31)19-22/h2-4,8-9,19-21H,5-7,10-18H2,1H3,(H,32,35). The lowest BCUT2D eigenvalue weighted by Gasteiger charge is -2.26. The average Bonchev–Trinajstić information content (AvgIpc) is 3.29. The normalized spacial score (nSPS) is 15.2. The van der Waals surface area contributed by atoms with Gasteiger partial charge in [-0.25, -0.2) is 4.39 Å². The van der Waals surface area contributed by atoms with Crippen molar-refractivity contribution < 1.29 is 18.7 Å². The molecule has 1 aromatic heterocycles. The maximum absolute atomic E-state index is 13.8. The van der Waals surface area contributed by atoms with Crippen LogP contribution >= 0.6 is 0 Å². The number of nitrogens with one attached hydrogen (secondary N) is 1. The second-order valence-corrected chi connectivity index (χ2v) is 9.87. The molecule has 7 heteroatoms. The van der Waals surface area contributed by atoms with Gasteiger partial charge in [-0.05, 0) is 78.8 Å². The number of nitrogens with zero attached hydrogens (tertiary/aromatic N) is 2. The molecule has 0 radical (unpaired) electrons. The van der Waals surface area contributed by atoms with Crippen LogP contribution in [0.2, 0.25) is 0 Å². The summed E-state index contributed by atoms with van der Waals surface area (Å²) in [5, 5.41) is 3.09. The summed E-state index contributed by atoms with van der Waals surface area (Å²) in [6.45, 7) is 5.63. The number of aryl methyl sites for hydroxylation is 4. The number of carbonyl (C=O) groups is 1. The molecule has 1 N–H and O–H groups in total. The molecular formula is C30H36FN3O3. The number of benzene rings is 2. The van der Waals surface area contributed by atoms with Crippen molar-refractivity contribution in [2.75, 3.05) is 46.5 Å². The molecule has 1 aliphatic heterocycles. The van der Waals surface area contributed by atoms with Crippen molar-refractivity contribution in [3.05, 3.63) is 76.7 Å². The van der Waals surface area contributed by atoms with Gasteiger partial charge in [0.25, 0.3) is 0 Å². The molecule has 5 rings (SSSR count). The van der Waals surface area contributed by atoms with Crippen molar-refractivity contribution in [3.63, 3.8) is 0 Å². The lowest BCUT2D eigenvalue weighted by atomic mass is 9.90. The number of amides is 1. The van der Waals surface area contributed by atoms with Gasteiger partial charge in [-0.3, -0.25) is 9.69 Å². The molecule has 0 unspecified atom stereocenters. The summed E-state index contributed by atoms with van der Waals surface area (Å²) in [5.41, 5.74) is 7.18. The van der Waals surface area contributed by atoms with E-state index in [0.29, 0.717) is 19.4 Å². The minimum atomic E-state index is -0.210. The van der Waals surface area contributed by atoms with Crippen LogP contribution in [0.1, 0.15) is 28.8 Å². The Bertz CT molecular complexity index is 1230. The molecule has 0 bridgehead atoms. The Morgan fingerprint density at radius 2 is 1.86 bits per heavy atom. The number of aromatic nitrogens is 1. The van der Waals surface area contributed by atoms with Crippen LogP contribution in [0.4, 0.5) is 4.39 Å². The predicted molar refractivity (Wildman–Crippen MR) is 143 cm³/mol. The van der Waals surface area contributed by atoms with Crippen LogP contribution < -0.4 is 10.1 Å². The van der Waals surface area contributed by atoms with Crippen LogP contribution in [0.15, 0.2) is 48.5 Å². The monoisotopic (exact) mass is 505 g/mol. The van der Waals surface area contributed by atoms with Crippen LogP contribution in [0.3, 0.4) is 0 Å². The Kier molecular flexibility index (Phi) is 8.21. The number of morpholine rings is 1. The first-order valence-corrected chi connectivity index (χ1v) is 13.3. The smallest absolute Gasteiger partial charge is 0.220 e. The second-order valence-electron chi connectivity index (χ2n) is 9.87. The number of carbonyl (C=O) groups excluding carboxylic acids is 1. The van der Waals surface area contributed by atoms with Crippen LogP contribution in [0, 0.1) is 5.82 Å². The molecule has 2 aromatic carbocycles. The van der Waals surface area contributed by atoms with Gasteiger partial charge in [-0.2, -0.15) is 0 Å². The van der Waals surface area contributed by atoms with Crippen LogP contribution in [0.25, 0.3) is 11.3 Å². The van der Waals surface area contributed by atoms with Gasteiger partial charge in [0.15, 0.2) is 0 Å². The SMILES string of the molecule is COc1ccc2c(c1)CCc1cc(CCC(=O)NCCN3CCOCC3)n(CCc3cccc(F)c3)c1-2. The van der Waals surface area contributed by atoms with Crippen molar-refractivity contribution >= 4 is 5.91 Å². The molecule has 1 amide bonds. The highest BCUT2D eigenvalue weighted by atomic mass is 19.1. The number of hydrogen-bond acceptors (Lipinski definition) is 4. The Morgan fingerprint density at radius 3 is 2.68 bits per heavy atom. The first-order chi connectivity index (χ1) is 18.1. The molecule has 196 valence electrons. The van der Waals surface area contributed by atoms with Gasteiger partial charge in [0.1, 0.15) is 11.6 Å². The van der Waals surface area contributed by atoms with E-state index in [0.717, 1.165) is 75.7 Å². The highest BCUT2D eigenvalue weighted by Gasteiger charge is 2.23. The Hall–Kier alpha value is -3.16. The van der Waals surface area contributed by atoms with Gasteiger partial charge in [0.05, 0.1) is 26.0 Å². The summed E-state index contributed by atoms with van der Waals surface area (Å²) < 4.78 is 27.0. The van der Waals surface area contributed by atoms with Crippen LogP contribution in [0.5, 0.6) is 5.75 Å². The van der Waals surface area contributed by atoms with Crippen LogP contribution in [-0.2, 0) is 41.8 Å². The molecule has 2 aliphatic rings. The maximum atomic E-state index is 13.8. The van der Waals surface area contributed by atoms with E-state index >= 15 is 0 Å². The lowest BCUT2D eigenvalue weighted by molar-refractivity contribution is -0.121. The zero-order valence-electron chi connectivity index (χ0n) is 21.6. The number of fused-ring (bicyclic) bond motifs is 3. The first-order valence-electron chi connectivity index (χ1n) is 13.3. The summed E-state index contributed by atoms with van der Waals surface area (Å²) >= 11 is 0. The average molecular weight is 506 g/mol. The number of halogens is 1. The van der Waals surface area contributed by atoms with E-state index in [2.05, 4.69) is 33.0 Å². The number of methoxy groups -OCH3 is 1. The summed E-state index contributed by atoms with van der Waals surface area (Å²) in [4.78, 5) is 15.0. The largest absolute Gasteiger partial charge is 0.497 e. The molecule has 3 aromatic rings. The summed E-state index contributed by atoms with van der Waals surface area (Å²) in [7, 11) is 1.70. The Balaban J connectivity index is 1.31. The predicted octanol–water partition coefficient (Wildman–Crippen LogP) is 4.03. The molecular weight excluding hydrogens is 469 g/mol. The van der Waals surface area contributed by atoms with Gasteiger partial charge in [-0.1, -0.05) is 12.1 Å². The van der Waals surface area contributed by atoms with E-state index < -0.39 is 0 Å². The molecule has 37 heavy (non-hydrogen) atoms. The second kappa shape index (κ2) is 11.9. The van der Waals surface area contributed by atoms with Gasteiger partial charge >= 0.3 is 0 Å². The van der Waals surface area contributed by atoms with Crippen molar-refractivity contribution in [3.8, 4) is 17.0 Å². The third-order valence-electron chi connectivity index (χ3n) is 7.47. The fourth-order valence-electron chi connectivity index (χ4n) is 5.48. The quantitative estimate of drug-likeness (QED) is 0.452. The minimum absolute atomic E-state index is 0.0780. The highest BCUT2D eigenvalue weighted by molar-refractivity contribution is 5.76. The maximum Gasteiger partial charge on any atom is 0.220 e. The molecule has 1 fully saturated rings. The van der Waals surface area contributed by atoms with Gasteiger partial charge in [0, 0.05) is 50.4 Å². The molecule has 1 saturated heterocycles. The Labute approximate surface area is 218 Å². The third kappa shape index (κ3) is 6.22. The van der Waals surface area contributed by atoms with E-state index in [4.69, 9.17) is 9.47 Å². The molecule has 6 nitrogen and oxygen atoms in total. The van der Waals surface area contributed by atoms with E-state index in [1.54, 1.807) is 19.2 Å². The zero-order chi connectivity index (χ0) is 25.6. The summed E-state index contributed by atoms with van der Waals surface area (Å²) in [6, 6.07) is 15.4. The first kappa shape index (κ1) is 25.5. The van der Waals surface area contributed by atoms with Gasteiger partial charge in [0.2, 0.25) is 5.91 Å². The molecule has 0 spiro atoms. The number of hydrogen-bond donors (Lipinski definition) is 1. The van der Waals surface area contributed by atoms with E-state index in [9.17, 15) is 9.18 Å². The van der Waals surface area contributed by atoms with Crippen molar-refractivity contribution in [2.45, 2.75) is 38.6 Å². The van der Waals surface area contributed by atoms with Gasteiger partial charge < -0.3 is 19.4 Å².